The normalized spacial score (nSPS) is 10.7. The molecule has 0 aliphatic heterocycles. The van der Waals surface area contributed by atoms with Crippen molar-refractivity contribution in [1.82, 2.24) is 9.97 Å². The molecule has 0 atom stereocenters. The standard InChI is InChI=1S/C16H19N3O/c1-10(2)16(20)19-14-5-6-15(18-12(14)4)13-7-11(3)8-17-9-13/h5-10H,1-4H3,(H,19,20). The summed E-state index contributed by atoms with van der Waals surface area (Å²) < 4.78 is 0. The zero-order valence-electron chi connectivity index (χ0n) is 12.3. The summed E-state index contributed by atoms with van der Waals surface area (Å²) in [4.78, 5) is 20.4. The third-order valence-corrected chi connectivity index (χ3v) is 3.04. The summed E-state index contributed by atoms with van der Waals surface area (Å²) in [6, 6.07) is 5.83. The summed E-state index contributed by atoms with van der Waals surface area (Å²) >= 11 is 0. The van der Waals surface area contributed by atoms with Crippen LogP contribution in [0.4, 0.5) is 5.69 Å². The minimum atomic E-state index is -0.0463. The Morgan fingerprint density at radius 3 is 2.55 bits per heavy atom. The van der Waals surface area contributed by atoms with Gasteiger partial charge in [0.15, 0.2) is 0 Å². The molecule has 2 aromatic rings. The largest absolute Gasteiger partial charge is 0.324 e. The highest BCUT2D eigenvalue weighted by atomic mass is 16.1. The Morgan fingerprint density at radius 2 is 1.95 bits per heavy atom. The molecule has 0 aliphatic carbocycles. The van der Waals surface area contributed by atoms with Gasteiger partial charge in [0.1, 0.15) is 0 Å². The van der Waals surface area contributed by atoms with Crippen molar-refractivity contribution in [2.75, 3.05) is 5.32 Å². The first-order valence-corrected chi connectivity index (χ1v) is 6.68. The van der Waals surface area contributed by atoms with Crippen LogP contribution in [0.3, 0.4) is 0 Å². The molecule has 2 aromatic heterocycles. The SMILES string of the molecule is Cc1cncc(-c2ccc(NC(=O)C(C)C)c(C)n2)c1. The highest BCUT2D eigenvalue weighted by Crippen LogP contribution is 2.21. The maximum atomic E-state index is 11.7. The van der Waals surface area contributed by atoms with Crippen molar-refractivity contribution in [1.29, 1.82) is 0 Å². The van der Waals surface area contributed by atoms with Crippen molar-refractivity contribution < 1.29 is 4.79 Å². The first-order valence-electron chi connectivity index (χ1n) is 6.68. The van der Waals surface area contributed by atoms with Crippen LogP contribution in [0.1, 0.15) is 25.1 Å². The van der Waals surface area contributed by atoms with Gasteiger partial charge in [0.25, 0.3) is 0 Å². The lowest BCUT2D eigenvalue weighted by Gasteiger charge is -2.11. The van der Waals surface area contributed by atoms with Crippen LogP contribution in [0.15, 0.2) is 30.6 Å². The summed E-state index contributed by atoms with van der Waals surface area (Å²) in [6.45, 7) is 7.62. The second kappa shape index (κ2) is 5.82. The minimum Gasteiger partial charge on any atom is -0.324 e. The summed E-state index contributed by atoms with van der Waals surface area (Å²) in [5, 5.41) is 2.88. The van der Waals surface area contributed by atoms with Gasteiger partial charge >= 0.3 is 0 Å². The molecule has 0 fully saturated rings. The number of amides is 1. The highest BCUT2D eigenvalue weighted by molar-refractivity contribution is 5.92. The van der Waals surface area contributed by atoms with Gasteiger partial charge in [0.2, 0.25) is 5.91 Å². The van der Waals surface area contributed by atoms with Gasteiger partial charge in [-0.05, 0) is 37.6 Å². The molecule has 2 rings (SSSR count). The maximum Gasteiger partial charge on any atom is 0.226 e. The molecular weight excluding hydrogens is 250 g/mol. The van der Waals surface area contributed by atoms with E-state index < -0.39 is 0 Å². The van der Waals surface area contributed by atoms with E-state index in [1.54, 1.807) is 6.20 Å². The van der Waals surface area contributed by atoms with Crippen LogP contribution in [0.5, 0.6) is 0 Å². The van der Waals surface area contributed by atoms with E-state index in [0.717, 1.165) is 28.2 Å². The second-order valence-corrected chi connectivity index (χ2v) is 5.22. The number of aromatic nitrogens is 2. The molecule has 1 amide bonds. The maximum absolute atomic E-state index is 11.7. The number of nitrogens with zero attached hydrogens (tertiary/aromatic N) is 2. The molecule has 1 N–H and O–H groups in total. The fraction of sp³-hybridized carbons (Fsp3) is 0.312. The zero-order chi connectivity index (χ0) is 14.7. The van der Waals surface area contributed by atoms with Gasteiger partial charge in [0.05, 0.1) is 17.1 Å². The first kappa shape index (κ1) is 14.2. The van der Waals surface area contributed by atoms with Crippen LogP contribution in [-0.2, 0) is 4.79 Å². The van der Waals surface area contributed by atoms with Crippen LogP contribution in [0, 0.1) is 19.8 Å². The van der Waals surface area contributed by atoms with Gasteiger partial charge in [0, 0.05) is 23.9 Å². The third-order valence-electron chi connectivity index (χ3n) is 3.04. The number of hydrogen-bond donors (Lipinski definition) is 1. The van der Waals surface area contributed by atoms with Crippen LogP contribution < -0.4 is 5.32 Å². The number of rotatable bonds is 3. The monoisotopic (exact) mass is 269 g/mol. The fourth-order valence-electron chi connectivity index (χ4n) is 1.83. The second-order valence-electron chi connectivity index (χ2n) is 5.22. The number of hydrogen-bond acceptors (Lipinski definition) is 3. The van der Waals surface area contributed by atoms with Crippen molar-refractivity contribution in [3.8, 4) is 11.3 Å². The fourth-order valence-corrected chi connectivity index (χ4v) is 1.83. The molecule has 0 saturated carbocycles. The molecule has 0 unspecified atom stereocenters. The summed E-state index contributed by atoms with van der Waals surface area (Å²) in [5.41, 5.74) is 4.50. The van der Waals surface area contributed by atoms with E-state index in [-0.39, 0.29) is 11.8 Å². The molecule has 0 saturated heterocycles. The van der Waals surface area contributed by atoms with Crippen molar-refractivity contribution >= 4 is 11.6 Å². The number of aryl methyl sites for hydroxylation is 2. The number of nitrogens with one attached hydrogen (secondary N) is 1. The number of carbonyl (C=O) groups is 1. The summed E-state index contributed by atoms with van der Waals surface area (Å²) in [7, 11) is 0. The number of anilines is 1. The van der Waals surface area contributed by atoms with E-state index in [1.807, 2.05) is 52.1 Å². The van der Waals surface area contributed by atoms with Crippen molar-refractivity contribution in [2.45, 2.75) is 27.7 Å². The Kier molecular flexibility index (Phi) is 4.13. The quantitative estimate of drug-likeness (QED) is 0.929. The average molecular weight is 269 g/mol. The van der Waals surface area contributed by atoms with E-state index in [1.165, 1.54) is 0 Å². The predicted octanol–water partition coefficient (Wildman–Crippen LogP) is 3.35. The minimum absolute atomic E-state index is 0.000118. The van der Waals surface area contributed by atoms with Crippen molar-refractivity contribution in [2.24, 2.45) is 5.92 Å². The van der Waals surface area contributed by atoms with Gasteiger partial charge < -0.3 is 5.32 Å². The van der Waals surface area contributed by atoms with E-state index in [0.29, 0.717) is 0 Å². The van der Waals surface area contributed by atoms with E-state index in [4.69, 9.17) is 0 Å². The smallest absolute Gasteiger partial charge is 0.226 e. The lowest BCUT2D eigenvalue weighted by atomic mass is 10.1. The molecule has 0 radical (unpaired) electrons. The molecule has 104 valence electrons. The zero-order valence-corrected chi connectivity index (χ0v) is 12.3. The van der Waals surface area contributed by atoms with Gasteiger partial charge in [-0.1, -0.05) is 13.8 Å². The van der Waals surface area contributed by atoms with E-state index in [9.17, 15) is 4.79 Å². The molecule has 4 heteroatoms. The first-order chi connectivity index (χ1) is 9.47. The molecule has 0 spiro atoms. The Morgan fingerprint density at radius 1 is 1.20 bits per heavy atom. The van der Waals surface area contributed by atoms with Crippen LogP contribution in [0.25, 0.3) is 11.3 Å². The Balaban J connectivity index is 2.28. The Hall–Kier alpha value is -2.23. The number of pyridine rings is 2. The van der Waals surface area contributed by atoms with E-state index in [2.05, 4.69) is 15.3 Å². The molecular formula is C16H19N3O. The van der Waals surface area contributed by atoms with Gasteiger partial charge in [-0.2, -0.15) is 0 Å². The lowest BCUT2D eigenvalue weighted by Crippen LogP contribution is -2.18. The summed E-state index contributed by atoms with van der Waals surface area (Å²) in [6.07, 6.45) is 3.61. The van der Waals surface area contributed by atoms with E-state index >= 15 is 0 Å². The van der Waals surface area contributed by atoms with Crippen molar-refractivity contribution in [3.63, 3.8) is 0 Å². The van der Waals surface area contributed by atoms with Gasteiger partial charge in [-0.15, -0.1) is 0 Å². The van der Waals surface area contributed by atoms with Gasteiger partial charge in [-0.3, -0.25) is 14.8 Å². The molecule has 0 aromatic carbocycles. The third kappa shape index (κ3) is 3.20. The lowest BCUT2D eigenvalue weighted by molar-refractivity contribution is -0.118. The van der Waals surface area contributed by atoms with Crippen LogP contribution >= 0.6 is 0 Å². The molecule has 0 bridgehead atoms. The predicted molar refractivity (Wildman–Crippen MR) is 80.4 cm³/mol. The van der Waals surface area contributed by atoms with Gasteiger partial charge in [-0.25, -0.2) is 0 Å². The van der Waals surface area contributed by atoms with Crippen LogP contribution in [0.2, 0.25) is 0 Å². The molecule has 4 nitrogen and oxygen atoms in total. The van der Waals surface area contributed by atoms with Crippen molar-refractivity contribution in [3.05, 3.63) is 41.9 Å². The average Bonchev–Trinajstić information content (AvgIpc) is 2.40. The summed E-state index contributed by atoms with van der Waals surface area (Å²) in [5.74, 6) is -0.0464. The molecule has 20 heavy (non-hydrogen) atoms. The number of carbonyl (C=O) groups excluding carboxylic acids is 1. The molecule has 2 heterocycles. The topological polar surface area (TPSA) is 54.9 Å². The highest BCUT2D eigenvalue weighted by Gasteiger charge is 2.10. The molecule has 0 aliphatic rings. The van der Waals surface area contributed by atoms with Crippen LogP contribution in [-0.4, -0.2) is 15.9 Å². The Bertz CT molecular complexity index is 635. The Labute approximate surface area is 119 Å².